The number of phenolic OH excluding ortho intramolecular Hbond substituents is 2. The monoisotopic (exact) mass is 516 g/mol. The zero-order valence-electron chi connectivity index (χ0n) is 23.4. The topological polar surface area (TPSA) is 57.9 Å². The van der Waals surface area contributed by atoms with Crippen molar-refractivity contribution in [1.82, 2.24) is 9.47 Å². The molecular weight excluding hydrogens is 472 g/mol. The van der Waals surface area contributed by atoms with Gasteiger partial charge >= 0.3 is 0 Å². The molecule has 2 N–H and O–H groups in total. The van der Waals surface area contributed by atoms with E-state index in [1.165, 1.54) is 38.8 Å². The van der Waals surface area contributed by atoms with Crippen molar-refractivity contribution in [2.75, 3.05) is 26.2 Å². The number of aromatic hydroxyl groups is 2. The number of ether oxygens (including phenoxy) is 1. The van der Waals surface area contributed by atoms with Gasteiger partial charge in [0.15, 0.2) is 0 Å². The van der Waals surface area contributed by atoms with E-state index in [1.807, 2.05) is 24.3 Å². The molecule has 4 rings (SSSR count). The molecule has 1 saturated heterocycles. The first-order chi connectivity index (χ1) is 18.3. The molecule has 204 valence electrons. The van der Waals surface area contributed by atoms with Crippen molar-refractivity contribution in [3.63, 3.8) is 0 Å². The van der Waals surface area contributed by atoms with Crippen LogP contribution in [0.5, 0.6) is 11.5 Å². The summed E-state index contributed by atoms with van der Waals surface area (Å²) >= 11 is 0. The van der Waals surface area contributed by atoms with Gasteiger partial charge in [0, 0.05) is 24.0 Å². The maximum Gasteiger partial charge on any atom is 0.116 e. The van der Waals surface area contributed by atoms with Crippen LogP contribution in [-0.2, 0) is 11.3 Å². The first-order valence-corrected chi connectivity index (χ1v) is 14.0. The minimum atomic E-state index is -0.329. The number of aromatic nitrogens is 1. The number of aryl methyl sites for hydroxylation is 1. The van der Waals surface area contributed by atoms with E-state index in [1.54, 1.807) is 18.2 Å². The maximum absolute atomic E-state index is 10.2. The highest BCUT2D eigenvalue weighted by molar-refractivity contribution is 5.92. The lowest BCUT2D eigenvalue weighted by Crippen LogP contribution is -2.35. The fourth-order valence-corrected chi connectivity index (χ4v) is 5.80. The van der Waals surface area contributed by atoms with Crippen molar-refractivity contribution in [3.8, 4) is 22.8 Å². The van der Waals surface area contributed by atoms with E-state index < -0.39 is 0 Å². The Hall–Kier alpha value is -3.02. The van der Waals surface area contributed by atoms with Crippen molar-refractivity contribution in [3.05, 3.63) is 72.3 Å². The van der Waals surface area contributed by atoms with Crippen LogP contribution in [0.4, 0.5) is 0 Å². The molecule has 38 heavy (non-hydrogen) atoms. The number of hydrogen-bond acceptors (Lipinski definition) is 4. The Morgan fingerprint density at radius 3 is 2.39 bits per heavy atom. The normalized spacial score (nSPS) is 16.6. The Morgan fingerprint density at radius 1 is 1.03 bits per heavy atom. The van der Waals surface area contributed by atoms with E-state index in [2.05, 4.69) is 49.0 Å². The first-order valence-electron chi connectivity index (χ1n) is 14.0. The van der Waals surface area contributed by atoms with Gasteiger partial charge in [0.05, 0.1) is 17.9 Å². The third-order valence-corrected chi connectivity index (χ3v) is 7.79. The lowest BCUT2D eigenvalue weighted by molar-refractivity contribution is -0.0374. The quantitative estimate of drug-likeness (QED) is 0.258. The van der Waals surface area contributed by atoms with Crippen LogP contribution < -0.4 is 0 Å². The molecule has 1 aromatic heterocycles. The molecule has 0 bridgehead atoms. The summed E-state index contributed by atoms with van der Waals surface area (Å²) in [7, 11) is 0. The summed E-state index contributed by atoms with van der Waals surface area (Å²) in [5.41, 5.74) is 5.01. The second-order valence-corrected chi connectivity index (χ2v) is 11.1. The molecule has 5 nitrogen and oxygen atoms in total. The number of fused-ring (bicyclic) bond motifs is 1. The maximum atomic E-state index is 10.2. The molecule has 1 aliphatic heterocycles. The van der Waals surface area contributed by atoms with E-state index in [-0.39, 0.29) is 17.1 Å². The van der Waals surface area contributed by atoms with Gasteiger partial charge in [-0.15, -0.1) is 0 Å². The predicted molar refractivity (Wildman–Crippen MR) is 158 cm³/mol. The van der Waals surface area contributed by atoms with Crippen molar-refractivity contribution < 1.29 is 14.9 Å². The Kier molecular flexibility index (Phi) is 9.35. The minimum Gasteiger partial charge on any atom is -0.508 e. The first kappa shape index (κ1) is 28.0. The Labute approximate surface area is 228 Å². The lowest BCUT2D eigenvalue weighted by Gasteiger charge is -2.32. The van der Waals surface area contributed by atoms with Gasteiger partial charge in [-0.1, -0.05) is 37.1 Å². The fourth-order valence-electron chi connectivity index (χ4n) is 5.80. The predicted octanol–water partition coefficient (Wildman–Crippen LogP) is 7.59. The molecule has 2 aromatic carbocycles. The highest BCUT2D eigenvalue weighted by atomic mass is 16.5. The van der Waals surface area contributed by atoms with Gasteiger partial charge in [0.25, 0.3) is 0 Å². The average Bonchev–Trinajstić information content (AvgIpc) is 3.04. The lowest BCUT2D eigenvalue weighted by atomic mass is 9.93. The molecule has 1 fully saturated rings. The number of hydrogen-bond donors (Lipinski definition) is 2. The van der Waals surface area contributed by atoms with Gasteiger partial charge < -0.3 is 24.4 Å². The summed E-state index contributed by atoms with van der Waals surface area (Å²) in [5.74, 6) is 0.499. The second kappa shape index (κ2) is 12.7. The van der Waals surface area contributed by atoms with Crippen molar-refractivity contribution in [2.45, 2.75) is 71.4 Å². The molecule has 2 heterocycles. The number of benzene rings is 2. The van der Waals surface area contributed by atoms with Crippen LogP contribution in [0.3, 0.4) is 0 Å². The molecule has 0 radical (unpaired) electrons. The summed E-state index contributed by atoms with van der Waals surface area (Å²) in [6.07, 6.45) is 11.1. The standard InChI is InChI=1S/C33H44N2O3/c1-5-6-17-33(4,38-21-20-34-18-9-7-8-10-19-34)23-25(2)24-35-31-16-15-29(37)22-30(31)26(3)32(35)27-11-13-28(36)14-12-27/h5-6,11-16,22,36-37H,2,7-10,17-21,23-24H2,1,3-4H3/b6-5-. The summed E-state index contributed by atoms with van der Waals surface area (Å²) in [5, 5.41) is 21.1. The van der Waals surface area contributed by atoms with Crippen molar-refractivity contribution in [2.24, 2.45) is 0 Å². The molecule has 0 amide bonds. The zero-order chi connectivity index (χ0) is 27.1. The van der Waals surface area contributed by atoms with E-state index in [4.69, 9.17) is 4.74 Å². The van der Waals surface area contributed by atoms with Crippen molar-refractivity contribution in [1.29, 1.82) is 0 Å². The summed E-state index contributed by atoms with van der Waals surface area (Å²) in [4.78, 5) is 2.55. The number of nitrogens with zero attached hydrogens (tertiary/aromatic N) is 2. The number of likely N-dealkylation sites (tertiary alicyclic amines) is 1. The molecular formula is C33H44N2O3. The minimum absolute atomic E-state index is 0.244. The van der Waals surface area contributed by atoms with Gasteiger partial charge in [-0.3, -0.25) is 0 Å². The third kappa shape index (κ3) is 6.89. The van der Waals surface area contributed by atoms with E-state index in [0.29, 0.717) is 6.54 Å². The van der Waals surface area contributed by atoms with Crippen LogP contribution in [0.2, 0.25) is 0 Å². The van der Waals surface area contributed by atoms with Crippen molar-refractivity contribution >= 4 is 10.9 Å². The van der Waals surface area contributed by atoms with Gasteiger partial charge in [0.2, 0.25) is 0 Å². The second-order valence-electron chi connectivity index (χ2n) is 11.1. The van der Waals surface area contributed by atoms with Crippen LogP contribution >= 0.6 is 0 Å². The SMILES string of the molecule is C=C(Cn1c(-c2ccc(O)cc2)c(C)c2cc(O)ccc21)CC(C)(C/C=C\C)OCCN1CCCCCC1. The van der Waals surface area contributed by atoms with Gasteiger partial charge in [-0.25, -0.2) is 0 Å². The molecule has 1 aliphatic rings. The van der Waals surface area contributed by atoms with Gasteiger partial charge in [-0.05, 0) is 113 Å². The highest BCUT2D eigenvalue weighted by Gasteiger charge is 2.26. The molecule has 1 atom stereocenters. The molecule has 1 unspecified atom stereocenters. The zero-order valence-corrected chi connectivity index (χ0v) is 23.4. The molecule has 0 aliphatic carbocycles. The molecule has 0 spiro atoms. The number of allylic oxidation sites excluding steroid dienone is 1. The smallest absolute Gasteiger partial charge is 0.116 e. The van der Waals surface area contributed by atoms with Gasteiger partial charge in [-0.2, -0.15) is 0 Å². The van der Waals surface area contributed by atoms with Crippen LogP contribution in [0.15, 0.2) is 66.8 Å². The highest BCUT2D eigenvalue weighted by Crippen LogP contribution is 2.37. The fraction of sp³-hybridized carbons (Fsp3) is 0.455. The van der Waals surface area contributed by atoms with Crippen LogP contribution in [-0.4, -0.2) is 51.5 Å². The van der Waals surface area contributed by atoms with Crippen LogP contribution in [0, 0.1) is 6.92 Å². The van der Waals surface area contributed by atoms with E-state index >= 15 is 0 Å². The summed E-state index contributed by atoms with van der Waals surface area (Å²) < 4.78 is 8.88. The summed E-state index contributed by atoms with van der Waals surface area (Å²) in [6.45, 7) is 15.6. The average molecular weight is 517 g/mol. The number of phenols is 2. The molecule has 3 aromatic rings. The third-order valence-electron chi connectivity index (χ3n) is 7.79. The van der Waals surface area contributed by atoms with E-state index in [0.717, 1.165) is 59.3 Å². The van der Waals surface area contributed by atoms with Crippen LogP contribution in [0.25, 0.3) is 22.2 Å². The molecule has 0 saturated carbocycles. The largest absolute Gasteiger partial charge is 0.508 e. The summed E-state index contributed by atoms with van der Waals surface area (Å²) in [6, 6.07) is 12.9. The Morgan fingerprint density at radius 2 is 1.71 bits per heavy atom. The van der Waals surface area contributed by atoms with Crippen LogP contribution in [0.1, 0.15) is 57.9 Å². The Balaban J connectivity index is 1.55. The van der Waals surface area contributed by atoms with E-state index in [9.17, 15) is 10.2 Å². The number of rotatable bonds is 11. The Bertz CT molecular complexity index is 1250. The molecule has 5 heteroatoms. The van der Waals surface area contributed by atoms with Gasteiger partial charge in [0.1, 0.15) is 11.5 Å².